The fourth-order valence-corrected chi connectivity index (χ4v) is 3.23. The van der Waals surface area contributed by atoms with E-state index in [1.165, 1.54) is 12.1 Å². The van der Waals surface area contributed by atoms with Crippen LogP contribution in [0.5, 0.6) is 0 Å². The number of rotatable bonds is 3. The van der Waals surface area contributed by atoms with Crippen molar-refractivity contribution in [1.29, 1.82) is 0 Å². The zero-order chi connectivity index (χ0) is 18.3. The van der Waals surface area contributed by atoms with Crippen LogP contribution in [-0.2, 0) is 6.18 Å². The van der Waals surface area contributed by atoms with Crippen molar-refractivity contribution in [3.05, 3.63) is 66.4 Å². The van der Waals surface area contributed by atoms with Crippen molar-refractivity contribution in [3.63, 3.8) is 0 Å². The Kier molecular flexibility index (Phi) is 3.83. The quantitative estimate of drug-likeness (QED) is 0.518. The third-order valence-corrected chi connectivity index (χ3v) is 4.35. The summed E-state index contributed by atoms with van der Waals surface area (Å²) in [5, 5.41) is 5.06. The fraction of sp³-hybridized carbons (Fsp3) is 0.150. The molecule has 4 aromatic rings. The summed E-state index contributed by atoms with van der Waals surface area (Å²) < 4.78 is 42.3. The van der Waals surface area contributed by atoms with Gasteiger partial charge in [-0.15, -0.1) is 0 Å². The summed E-state index contributed by atoms with van der Waals surface area (Å²) >= 11 is 0. The Bertz CT molecular complexity index is 1100. The Balaban J connectivity index is 2.08. The van der Waals surface area contributed by atoms with Crippen molar-refractivity contribution in [1.82, 2.24) is 9.38 Å². The number of anilines is 1. The molecule has 0 aliphatic rings. The van der Waals surface area contributed by atoms with Crippen LogP contribution in [0.1, 0.15) is 12.5 Å². The molecule has 0 unspecified atom stereocenters. The SMILES string of the molecule is CCNc1c(-c2ccccc2C(F)(F)F)nc2c3ccccc3ccn12. The van der Waals surface area contributed by atoms with E-state index < -0.39 is 11.7 Å². The molecule has 0 aliphatic heterocycles. The van der Waals surface area contributed by atoms with E-state index in [2.05, 4.69) is 10.3 Å². The van der Waals surface area contributed by atoms with Gasteiger partial charge in [0.2, 0.25) is 0 Å². The molecule has 4 rings (SSSR count). The van der Waals surface area contributed by atoms with Gasteiger partial charge in [0.1, 0.15) is 17.2 Å². The molecule has 0 amide bonds. The Morgan fingerprint density at radius 3 is 2.50 bits per heavy atom. The number of nitrogens with one attached hydrogen (secondary N) is 1. The lowest BCUT2D eigenvalue weighted by Gasteiger charge is -2.13. The molecular formula is C20H16F3N3. The predicted molar refractivity (Wildman–Crippen MR) is 97.3 cm³/mol. The van der Waals surface area contributed by atoms with Crippen LogP contribution in [0.15, 0.2) is 60.8 Å². The number of hydrogen-bond acceptors (Lipinski definition) is 2. The van der Waals surface area contributed by atoms with E-state index in [0.29, 0.717) is 23.7 Å². The van der Waals surface area contributed by atoms with Crippen molar-refractivity contribution in [2.75, 3.05) is 11.9 Å². The summed E-state index contributed by atoms with van der Waals surface area (Å²) in [5.41, 5.74) is 0.317. The summed E-state index contributed by atoms with van der Waals surface area (Å²) in [4.78, 5) is 4.60. The maximum atomic E-state index is 13.5. The lowest BCUT2D eigenvalue weighted by Crippen LogP contribution is -2.08. The van der Waals surface area contributed by atoms with Crippen LogP contribution >= 0.6 is 0 Å². The molecule has 0 fully saturated rings. The number of aromatic nitrogens is 2. The number of benzene rings is 2. The first-order valence-corrected chi connectivity index (χ1v) is 8.31. The Morgan fingerprint density at radius 2 is 1.73 bits per heavy atom. The molecule has 2 aromatic carbocycles. The number of pyridine rings is 1. The lowest BCUT2D eigenvalue weighted by atomic mass is 10.0. The molecule has 0 radical (unpaired) electrons. The molecule has 6 heteroatoms. The third kappa shape index (κ3) is 2.58. The number of alkyl halides is 3. The van der Waals surface area contributed by atoms with Crippen LogP contribution in [-0.4, -0.2) is 15.9 Å². The number of halogens is 3. The Morgan fingerprint density at radius 1 is 1.00 bits per heavy atom. The van der Waals surface area contributed by atoms with E-state index in [0.717, 1.165) is 16.8 Å². The highest BCUT2D eigenvalue weighted by Gasteiger charge is 2.34. The van der Waals surface area contributed by atoms with Gasteiger partial charge in [0, 0.05) is 23.7 Å². The summed E-state index contributed by atoms with van der Waals surface area (Å²) in [7, 11) is 0. The second-order valence-electron chi connectivity index (χ2n) is 5.98. The van der Waals surface area contributed by atoms with Crippen molar-refractivity contribution >= 4 is 22.2 Å². The lowest BCUT2D eigenvalue weighted by molar-refractivity contribution is -0.137. The maximum absolute atomic E-state index is 13.5. The van der Waals surface area contributed by atoms with E-state index >= 15 is 0 Å². The molecule has 2 heterocycles. The van der Waals surface area contributed by atoms with E-state index in [1.54, 1.807) is 6.07 Å². The standard InChI is InChI=1S/C20H16F3N3/c1-2-24-19-17(15-9-5-6-10-16(15)20(21,22)23)25-18-14-8-4-3-7-13(14)11-12-26(18)19/h3-12,24H,2H2,1H3. The summed E-state index contributed by atoms with van der Waals surface area (Å²) in [6.45, 7) is 2.47. The van der Waals surface area contributed by atoms with Gasteiger partial charge in [-0.1, -0.05) is 42.5 Å². The van der Waals surface area contributed by atoms with E-state index in [-0.39, 0.29) is 5.56 Å². The Labute approximate surface area is 148 Å². The fourth-order valence-electron chi connectivity index (χ4n) is 3.23. The molecular weight excluding hydrogens is 339 g/mol. The molecule has 0 atom stereocenters. The van der Waals surface area contributed by atoms with Gasteiger partial charge in [0.25, 0.3) is 0 Å². The van der Waals surface area contributed by atoms with Gasteiger partial charge in [0.05, 0.1) is 5.56 Å². The van der Waals surface area contributed by atoms with Crippen molar-refractivity contribution in [2.45, 2.75) is 13.1 Å². The normalized spacial score (nSPS) is 12.0. The molecule has 3 nitrogen and oxygen atoms in total. The minimum atomic E-state index is -4.45. The zero-order valence-corrected chi connectivity index (χ0v) is 14.0. The molecule has 2 aromatic heterocycles. The van der Waals surface area contributed by atoms with Gasteiger partial charge < -0.3 is 5.32 Å². The van der Waals surface area contributed by atoms with Crippen LogP contribution in [0.3, 0.4) is 0 Å². The van der Waals surface area contributed by atoms with Gasteiger partial charge in [0.15, 0.2) is 0 Å². The molecule has 0 saturated heterocycles. The van der Waals surface area contributed by atoms with Crippen LogP contribution in [0.2, 0.25) is 0 Å². The molecule has 0 bridgehead atoms. The van der Waals surface area contributed by atoms with Crippen molar-refractivity contribution < 1.29 is 13.2 Å². The highest BCUT2D eigenvalue weighted by atomic mass is 19.4. The number of fused-ring (bicyclic) bond motifs is 3. The monoisotopic (exact) mass is 355 g/mol. The predicted octanol–water partition coefficient (Wildman–Crippen LogP) is 5.61. The summed E-state index contributed by atoms with van der Waals surface area (Å²) in [6.07, 6.45) is -2.61. The van der Waals surface area contributed by atoms with Gasteiger partial charge in [-0.2, -0.15) is 13.2 Å². The molecule has 132 valence electrons. The zero-order valence-electron chi connectivity index (χ0n) is 14.0. The van der Waals surface area contributed by atoms with Crippen LogP contribution in [0.4, 0.5) is 19.0 Å². The average Bonchev–Trinajstić information content (AvgIpc) is 3.00. The van der Waals surface area contributed by atoms with Crippen molar-refractivity contribution in [3.8, 4) is 11.3 Å². The highest BCUT2D eigenvalue weighted by molar-refractivity contribution is 5.96. The minimum absolute atomic E-state index is 0.0729. The maximum Gasteiger partial charge on any atom is 0.417 e. The largest absolute Gasteiger partial charge is 0.417 e. The second-order valence-corrected chi connectivity index (χ2v) is 5.98. The third-order valence-electron chi connectivity index (χ3n) is 4.35. The first kappa shape index (κ1) is 16.4. The first-order valence-electron chi connectivity index (χ1n) is 8.31. The molecule has 0 saturated carbocycles. The number of imidazole rings is 1. The average molecular weight is 355 g/mol. The second kappa shape index (κ2) is 6.05. The topological polar surface area (TPSA) is 29.3 Å². The van der Waals surface area contributed by atoms with Gasteiger partial charge in [-0.05, 0) is 24.4 Å². The number of hydrogen-bond donors (Lipinski definition) is 1. The van der Waals surface area contributed by atoms with Crippen LogP contribution in [0.25, 0.3) is 27.7 Å². The van der Waals surface area contributed by atoms with E-state index in [4.69, 9.17) is 0 Å². The van der Waals surface area contributed by atoms with Gasteiger partial charge in [-0.3, -0.25) is 4.40 Å². The van der Waals surface area contributed by atoms with E-state index in [9.17, 15) is 13.2 Å². The Hall–Kier alpha value is -3.02. The smallest absolute Gasteiger partial charge is 0.370 e. The number of nitrogens with zero attached hydrogens (tertiary/aromatic N) is 2. The molecule has 26 heavy (non-hydrogen) atoms. The first-order chi connectivity index (χ1) is 12.5. The van der Waals surface area contributed by atoms with Crippen molar-refractivity contribution in [2.24, 2.45) is 0 Å². The van der Waals surface area contributed by atoms with Crippen LogP contribution < -0.4 is 5.32 Å². The molecule has 1 N–H and O–H groups in total. The van der Waals surface area contributed by atoms with E-state index in [1.807, 2.05) is 47.9 Å². The highest BCUT2D eigenvalue weighted by Crippen LogP contribution is 2.40. The molecule has 0 aliphatic carbocycles. The minimum Gasteiger partial charge on any atom is -0.370 e. The van der Waals surface area contributed by atoms with Crippen LogP contribution in [0, 0.1) is 0 Å². The summed E-state index contributed by atoms with van der Waals surface area (Å²) in [5.74, 6) is 0.560. The van der Waals surface area contributed by atoms with Gasteiger partial charge >= 0.3 is 6.18 Å². The van der Waals surface area contributed by atoms with Gasteiger partial charge in [-0.25, -0.2) is 4.98 Å². The summed E-state index contributed by atoms with van der Waals surface area (Å²) in [6, 6.07) is 15.2. The molecule has 0 spiro atoms.